The normalized spacial score (nSPS) is 14.9. The first-order valence-corrected chi connectivity index (χ1v) is 10.0. The summed E-state index contributed by atoms with van der Waals surface area (Å²) in [6.45, 7) is 5.34. The van der Waals surface area contributed by atoms with Crippen LogP contribution < -0.4 is 0 Å². The van der Waals surface area contributed by atoms with Crippen molar-refractivity contribution >= 4 is 54.1 Å². The lowest BCUT2D eigenvalue weighted by Crippen LogP contribution is -2.45. The summed E-state index contributed by atoms with van der Waals surface area (Å²) in [5, 5.41) is 12.9. The number of hydrogen-bond acceptors (Lipinski definition) is 5. The fourth-order valence-electron chi connectivity index (χ4n) is 4.00. The summed E-state index contributed by atoms with van der Waals surface area (Å²) < 4.78 is 2.21. The molecule has 3 aromatic carbocycles. The first-order valence-electron chi connectivity index (χ1n) is 9.20. The van der Waals surface area contributed by atoms with E-state index in [4.69, 9.17) is 0 Å². The summed E-state index contributed by atoms with van der Waals surface area (Å²) >= 11 is 1.66. The molecule has 29 heavy (non-hydrogen) atoms. The molecule has 1 unspecified atom stereocenters. The van der Waals surface area contributed by atoms with Gasteiger partial charge in [0.25, 0.3) is 11.8 Å². The van der Waals surface area contributed by atoms with E-state index in [-0.39, 0.29) is 12.5 Å². The first kappa shape index (κ1) is 18.0. The van der Waals surface area contributed by atoms with E-state index < -0.39 is 12.0 Å². The Morgan fingerprint density at radius 1 is 1.07 bits per heavy atom. The highest BCUT2D eigenvalue weighted by Gasteiger charge is 2.35. The highest BCUT2D eigenvalue weighted by atomic mass is 32.1. The van der Waals surface area contributed by atoms with Crippen molar-refractivity contribution in [2.75, 3.05) is 6.54 Å². The summed E-state index contributed by atoms with van der Waals surface area (Å²) in [6.07, 6.45) is -0.839. The van der Waals surface area contributed by atoms with Crippen LogP contribution in [0.4, 0.5) is 0 Å². The van der Waals surface area contributed by atoms with E-state index in [0.29, 0.717) is 22.1 Å². The molecule has 1 aliphatic heterocycles. The van der Waals surface area contributed by atoms with Crippen LogP contribution in [0.1, 0.15) is 27.6 Å². The molecule has 1 N–H and O–H groups in total. The second kappa shape index (κ2) is 6.49. The summed E-state index contributed by atoms with van der Waals surface area (Å²) in [7, 11) is 0. The van der Waals surface area contributed by atoms with Gasteiger partial charge in [-0.25, -0.2) is 4.89 Å². The molecular weight excluding hydrogens is 386 g/mol. The number of imide groups is 1. The van der Waals surface area contributed by atoms with Gasteiger partial charge in [-0.05, 0) is 30.7 Å². The molecule has 6 heteroatoms. The van der Waals surface area contributed by atoms with Crippen LogP contribution >= 0.6 is 11.3 Å². The second-order valence-corrected chi connectivity index (χ2v) is 8.34. The number of fused-ring (bicyclic) bond motifs is 4. The highest BCUT2D eigenvalue weighted by Crippen LogP contribution is 2.42. The third kappa shape index (κ3) is 2.54. The van der Waals surface area contributed by atoms with Crippen LogP contribution in [0.25, 0.3) is 30.9 Å². The Balaban J connectivity index is 1.79. The maximum atomic E-state index is 13.3. The lowest BCUT2D eigenvalue weighted by molar-refractivity contribution is -0.268. The van der Waals surface area contributed by atoms with Gasteiger partial charge < -0.3 is 0 Å². The van der Waals surface area contributed by atoms with Gasteiger partial charge >= 0.3 is 0 Å². The lowest BCUT2D eigenvalue weighted by Gasteiger charge is -2.29. The van der Waals surface area contributed by atoms with Crippen LogP contribution in [-0.4, -0.2) is 34.6 Å². The van der Waals surface area contributed by atoms with Crippen molar-refractivity contribution < 1.29 is 19.7 Å². The zero-order chi connectivity index (χ0) is 20.3. The Labute approximate surface area is 170 Å². The van der Waals surface area contributed by atoms with E-state index in [2.05, 4.69) is 17.5 Å². The minimum Gasteiger partial charge on any atom is -0.271 e. The molecule has 0 bridgehead atoms. The van der Waals surface area contributed by atoms with Gasteiger partial charge in [0, 0.05) is 42.1 Å². The number of carbonyl (C=O) groups excluding carboxylic acids is 2. The Kier molecular flexibility index (Phi) is 4.03. The third-order valence-corrected chi connectivity index (χ3v) is 6.70. The molecule has 0 aliphatic carbocycles. The molecule has 1 aliphatic rings. The quantitative estimate of drug-likeness (QED) is 0.219. The van der Waals surface area contributed by atoms with Gasteiger partial charge in [0.15, 0.2) is 0 Å². The molecule has 144 valence electrons. The van der Waals surface area contributed by atoms with Gasteiger partial charge in [-0.15, -0.1) is 11.3 Å². The van der Waals surface area contributed by atoms with E-state index >= 15 is 0 Å². The van der Waals surface area contributed by atoms with Crippen molar-refractivity contribution in [3.63, 3.8) is 0 Å². The van der Waals surface area contributed by atoms with E-state index in [1.165, 1.54) is 0 Å². The van der Waals surface area contributed by atoms with Gasteiger partial charge in [-0.3, -0.25) is 19.7 Å². The number of benzene rings is 3. The Morgan fingerprint density at radius 3 is 2.55 bits per heavy atom. The number of hydrogen-bond donors (Lipinski definition) is 1. The molecule has 4 aromatic rings. The molecule has 1 aromatic heterocycles. The van der Waals surface area contributed by atoms with Gasteiger partial charge in [-0.2, -0.15) is 0 Å². The average Bonchev–Trinajstić information content (AvgIpc) is 3.10. The van der Waals surface area contributed by atoms with Crippen LogP contribution in [0.15, 0.2) is 60.7 Å². The topological polar surface area (TPSA) is 66.8 Å². The zero-order valence-corrected chi connectivity index (χ0v) is 16.5. The number of thiophene rings is 1. The maximum Gasteiger partial charge on any atom is 0.261 e. The molecule has 0 saturated heterocycles. The molecular formula is C23H17NO4S. The monoisotopic (exact) mass is 403 g/mol. The van der Waals surface area contributed by atoms with Crippen molar-refractivity contribution in [2.24, 2.45) is 0 Å². The molecule has 0 fully saturated rings. The first-order chi connectivity index (χ1) is 14.0. The molecule has 0 saturated carbocycles. The largest absolute Gasteiger partial charge is 0.271 e. The number of nitrogens with zero attached hydrogens (tertiary/aromatic N) is 1. The number of amides is 2. The van der Waals surface area contributed by atoms with Gasteiger partial charge in [-0.1, -0.05) is 36.9 Å². The Bertz CT molecular complexity index is 1350. The molecule has 2 heterocycles. The van der Waals surface area contributed by atoms with Crippen molar-refractivity contribution in [3.05, 3.63) is 71.8 Å². The Morgan fingerprint density at radius 2 is 1.79 bits per heavy atom. The molecule has 0 radical (unpaired) electrons. The fraction of sp³-hybridized carbons (Fsp3) is 0.130. The molecule has 5 rings (SSSR count). The van der Waals surface area contributed by atoms with Crippen LogP contribution in [0.3, 0.4) is 0 Å². The average molecular weight is 403 g/mol. The number of carbonyl (C=O) groups is 2. The zero-order valence-electron chi connectivity index (χ0n) is 15.6. The SMILES string of the molecule is C=C(C)C(CN1C(=O)c2cccc3c2c(cc2c4ccccc4sc32)C1=O)OO. The highest BCUT2D eigenvalue weighted by molar-refractivity contribution is 7.26. The van der Waals surface area contributed by atoms with E-state index in [9.17, 15) is 14.8 Å². The summed E-state index contributed by atoms with van der Waals surface area (Å²) in [6, 6.07) is 15.5. The summed E-state index contributed by atoms with van der Waals surface area (Å²) in [4.78, 5) is 32.0. The summed E-state index contributed by atoms with van der Waals surface area (Å²) in [5.74, 6) is -0.781. The lowest BCUT2D eigenvalue weighted by atomic mass is 9.92. The van der Waals surface area contributed by atoms with Crippen molar-refractivity contribution in [2.45, 2.75) is 13.0 Å². The van der Waals surface area contributed by atoms with Gasteiger partial charge in [0.2, 0.25) is 0 Å². The summed E-state index contributed by atoms with van der Waals surface area (Å²) in [5.41, 5.74) is 1.50. The number of rotatable bonds is 4. The maximum absolute atomic E-state index is 13.3. The van der Waals surface area contributed by atoms with Gasteiger partial charge in [0.1, 0.15) is 6.10 Å². The molecule has 1 atom stereocenters. The fourth-order valence-corrected chi connectivity index (χ4v) is 5.21. The van der Waals surface area contributed by atoms with Crippen molar-refractivity contribution in [1.29, 1.82) is 0 Å². The van der Waals surface area contributed by atoms with Crippen LogP contribution in [0.5, 0.6) is 0 Å². The smallest absolute Gasteiger partial charge is 0.261 e. The van der Waals surface area contributed by atoms with Crippen LogP contribution in [-0.2, 0) is 4.89 Å². The standard InChI is InChI=1S/C23H17NO4S/c1-12(2)18(28-27)11-24-22(25)15-8-5-7-14-20(15)17(23(24)26)10-16-13-6-3-4-9-19(13)29-21(14)16/h3-10,18,27H,1,11H2,2H3. The predicted octanol–water partition coefficient (Wildman–Crippen LogP) is 5.24. The minimum absolute atomic E-state index is 0.0955. The molecule has 0 spiro atoms. The van der Waals surface area contributed by atoms with Crippen LogP contribution in [0, 0.1) is 0 Å². The van der Waals surface area contributed by atoms with Gasteiger partial charge in [0.05, 0.1) is 6.54 Å². The van der Waals surface area contributed by atoms with E-state index in [0.717, 1.165) is 30.5 Å². The molecule has 2 amide bonds. The Hall–Kier alpha value is -3.06. The molecule has 5 nitrogen and oxygen atoms in total. The third-order valence-electron chi connectivity index (χ3n) is 5.48. The minimum atomic E-state index is -0.839. The van der Waals surface area contributed by atoms with Crippen molar-refractivity contribution in [3.8, 4) is 0 Å². The van der Waals surface area contributed by atoms with E-state index in [1.807, 2.05) is 36.4 Å². The van der Waals surface area contributed by atoms with Crippen LogP contribution in [0.2, 0.25) is 0 Å². The van der Waals surface area contributed by atoms with E-state index in [1.54, 1.807) is 24.3 Å². The second-order valence-electron chi connectivity index (χ2n) is 7.29. The predicted molar refractivity (Wildman–Crippen MR) is 115 cm³/mol. The van der Waals surface area contributed by atoms with Crippen molar-refractivity contribution in [1.82, 2.24) is 4.90 Å².